The highest BCUT2D eigenvalue weighted by Gasteiger charge is 2.13. The maximum atomic E-state index is 5.95. The van der Waals surface area contributed by atoms with E-state index in [2.05, 4.69) is 9.97 Å². The molecule has 0 bridgehead atoms. The lowest BCUT2D eigenvalue weighted by Gasteiger charge is -2.02. The average Bonchev–Trinajstić information content (AvgIpc) is 2.69. The third kappa shape index (κ3) is 1.48. The van der Waals surface area contributed by atoms with E-state index in [9.17, 15) is 0 Å². The minimum atomic E-state index is 0.484. The Kier molecular flexibility index (Phi) is 2.19. The summed E-state index contributed by atoms with van der Waals surface area (Å²) in [6, 6.07) is 7.69. The van der Waals surface area contributed by atoms with Crippen molar-refractivity contribution in [3.63, 3.8) is 0 Å². The minimum absolute atomic E-state index is 0.484. The predicted octanol–water partition coefficient (Wildman–Crippen LogP) is 1.80. The van der Waals surface area contributed by atoms with Crippen molar-refractivity contribution in [3.05, 3.63) is 36.8 Å². The van der Waals surface area contributed by atoms with Crippen LogP contribution in [0.5, 0.6) is 0 Å². The van der Waals surface area contributed by atoms with Crippen LogP contribution in [0, 0.1) is 0 Å². The molecule has 2 aromatic heterocycles. The minimum Gasteiger partial charge on any atom is -0.399 e. The first-order valence-corrected chi connectivity index (χ1v) is 5.58. The zero-order chi connectivity index (χ0) is 12.7. The topological polar surface area (TPSA) is 82.8 Å². The van der Waals surface area contributed by atoms with Crippen LogP contribution in [0.4, 0.5) is 11.5 Å². The van der Waals surface area contributed by atoms with E-state index in [0.717, 1.165) is 27.8 Å². The molecule has 3 aromatic rings. The van der Waals surface area contributed by atoms with Gasteiger partial charge in [-0.25, -0.2) is 9.97 Å². The molecule has 0 unspecified atom stereocenters. The standard InChI is InChI=1S/C13H13N5/c1-18-6-10(8-3-2-4-9(14)5-8)11-12(15)16-7-17-13(11)18/h2-7H,14H2,1H3,(H2,15,16,17). The number of benzene rings is 1. The van der Waals surface area contributed by atoms with Crippen LogP contribution in [-0.4, -0.2) is 14.5 Å². The van der Waals surface area contributed by atoms with Crippen molar-refractivity contribution in [2.75, 3.05) is 11.5 Å². The van der Waals surface area contributed by atoms with Gasteiger partial charge >= 0.3 is 0 Å². The number of fused-ring (bicyclic) bond motifs is 1. The van der Waals surface area contributed by atoms with Crippen LogP contribution in [0.25, 0.3) is 22.2 Å². The van der Waals surface area contributed by atoms with Crippen LogP contribution in [0.15, 0.2) is 36.8 Å². The number of anilines is 2. The van der Waals surface area contributed by atoms with E-state index >= 15 is 0 Å². The molecule has 4 N–H and O–H groups in total. The van der Waals surface area contributed by atoms with E-state index in [1.807, 2.05) is 42.1 Å². The molecular weight excluding hydrogens is 226 g/mol. The number of aryl methyl sites for hydroxylation is 1. The second kappa shape index (κ2) is 3.73. The Balaban J connectivity index is 2.36. The van der Waals surface area contributed by atoms with E-state index < -0.39 is 0 Å². The van der Waals surface area contributed by atoms with E-state index in [0.29, 0.717) is 5.82 Å². The van der Waals surface area contributed by atoms with Gasteiger partial charge in [-0.15, -0.1) is 0 Å². The van der Waals surface area contributed by atoms with Gasteiger partial charge in [0, 0.05) is 24.5 Å². The summed E-state index contributed by atoms with van der Waals surface area (Å²) < 4.78 is 1.94. The molecule has 90 valence electrons. The molecule has 0 fully saturated rings. The Bertz CT molecular complexity index is 729. The van der Waals surface area contributed by atoms with Gasteiger partial charge in [-0.3, -0.25) is 0 Å². The van der Waals surface area contributed by atoms with Gasteiger partial charge in [-0.2, -0.15) is 0 Å². The van der Waals surface area contributed by atoms with Crippen LogP contribution in [0.1, 0.15) is 0 Å². The molecule has 0 aliphatic heterocycles. The fraction of sp³-hybridized carbons (Fsp3) is 0.0769. The molecule has 3 rings (SSSR count). The van der Waals surface area contributed by atoms with Gasteiger partial charge < -0.3 is 16.0 Å². The van der Waals surface area contributed by atoms with Crippen LogP contribution in [0.2, 0.25) is 0 Å². The summed E-state index contributed by atoms with van der Waals surface area (Å²) in [5.74, 6) is 0.484. The van der Waals surface area contributed by atoms with E-state index in [4.69, 9.17) is 11.5 Å². The van der Waals surface area contributed by atoms with Crippen LogP contribution >= 0.6 is 0 Å². The largest absolute Gasteiger partial charge is 0.399 e. The second-order valence-corrected chi connectivity index (χ2v) is 4.24. The summed E-state index contributed by atoms with van der Waals surface area (Å²) in [4.78, 5) is 8.30. The Hall–Kier alpha value is -2.56. The maximum absolute atomic E-state index is 5.95. The number of nitrogens with two attached hydrogens (primary N) is 2. The van der Waals surface area contributed by atoms with Crippen LogP contribution in [-0.2, 0) is 7.05 Å². The fourth-order valence-corrected chi connectivity index (χ4v) is 2.16. The molecule has 0 spiro atoms. The van der Waals surface area contributed by atoms with Crippen molar-refractivity contribution in [1.82, 2.24) is 14.5 Å². The molecule has 5 nitrogen and oxygen atoms in total. The molecule has 0 amide bonds. The van der Waals surface area contributed by atoms with Crippen molar-refractivity contribution in [2.45, 2.75) is 0 Å². The Morgan fingerprint density at radius 1 is 1.17 bits per heavy atom. The second-order valence-electron chi connectivity index (χ2n) is 4.24. The van der Waals surface area contributed by atoms with Crippen molar-refractivity contribution >= 4 is 22.5 Å². The van der Waals surface area contributed by atoms with E-state index in [-0.39, 0.29) is 0 Å². The highest BCUT2D eigenvalue weighted by Crippen LogP contribution is 2.32. The summed E-state index contributed by atoms with van der Waals surface area (Å²) in [7, 11) is 1.94. The lowest BCUT2D eigenvalue weighted by molar-refractivity contribution is 0.945. The monoisotopic (exact) mass is 239 g/mol. The van der Waals surface area contributed by atoms with Crippen LogP contribution in [0.3, 0.4) is 0 Å². The molecule has 5 heteroatoms. The van der Waals surface area contributed by atoms with Gasteiger partial charge in [0.25, 0.3) is 0 Å². The zero-order valence-corrected chi connectivity index (χ0v) is 9.96. The molecule has 0 saturated carbocycles. The number of nitrogen functional groups attached to an aromatic ring is 2. The van der Waals surface area contributed by atoms with Gasteiger partial charge in [0.2, 0.25) is 0 Å². The third-order valence-electron chi connectivity index (χ3n) is 2.98. The first-order chi connectivity index (χ1) is 8.66. The van der Waals surface area contributed by atoms with Crippen molar-refractivity contribution < 1.29 is 0 Å². The van der Waals surface area contributed by atoms with Crippen molar-refractivity contribution in [2.24, 2.45) is 7.05 Å². The maximum Gasteiger partial charge on any atom is 0.145 e. The number of hydrogen-bond donors (Lipinski definition) is 2. The molecule has 0 radical (unpaired) electrons. The fourth-order valence-electron chi connectivity index (χ4n) is 2.16. The predicted molar refractivity (Wildman–Crippen MR) is 72.8 cm³/mol. The SMILES string of the molecule is Cn1cc(-c2cccc(N)c2)c2c(N)ncnc21. The molecule has 0 atom stereocenters. The first-order valence-electron chi connectivity index (χ1n) is 5.58. The van der Waals surface area contributed by atoms with E-state index in [1.165, 1.54) is 6.33 Å². The average molecular weight is 239 g/mol. The molecule has 0 aliphatic carbocycles. The van der Waals surface area contributed by atoms with Gasteiger partial charge in [-0.1, -0.05) is 12.1 Å². The first kappa shape index (κ1) is 10.6. The van der Waals surface area contributed by atoms with Gasteiger partial charge in [-0.05, 0) is 17.7 Å². The Morgan fingerprint density at radius 3 is 2.78 bits per heavy atom. The molecule has 0 saturated heterocycles. The summed E-state index contributed by atoms with van der Waals surface area (Å²) >= 11 is 0. The summed E-state index contributed by atoms with van der Waals surface area (Å²) in [5.41, 5.74) is 15.3. The molecule has 0 aliphatic rings. The number of nitrogens with zero attached hydrogens (tertiary/aromatic N) is 3. The third-order valence-corrected chi connectivity index (χ3v) is 2.98. The smallest absolute Gasteiger partial charge is 0.145 e. The van der Waals surface area contributed by atoms with Crippen LogP contribution < -0.4 is 11.5 Å². The number of rotatable bonds is 1. The van der Waals surface area contributed by atoms with E-state index in [1.54, 1.807) is 0 Å². The summed E-state index contributed by atoms with van der Waals surface area (Å²) in [6.07, 6.45) is 3.46. The van der Waals surface area contributed by atoms with Crippen molar-refractivity contribution in [3.8, 4) is 11.1 Å². The Labute approximate surface area is 104 Å². The molecule has 1 aromatic carbocycles. The molecule has 2 heterocycles. The number of aromatic nitrogens is 3. The Morgan fingerprint density at radius 2 is 2.00 bits per heavy atom. The zero-order valence-electron chi connectivity index (χ0n) is 9.96. The van der Waals surface area contributed by atoms with Gasteiger partial charge in [0.05, 0.1) is 5.39 Å². The normalized spacial score (nSPS) is 10.9. The highest BCUT2D eigenvalue weighted by atomic mass is 15.0. The summed E-state index contributed by atoms with van der Waals surface area (Å²) in [6.45, 7) is 0. The van der Waals surface area contributed by atoms with Crippen molar-refractivity contribution in [1.29, 1.82) is 0 Å². The summed E-state index contributed by atoms with van der Waals surface area (Å²) in [5, 5.41) is 0.866. The van der Waals surface area contributed by atoms with Gasteiger partial charge in [0.1, 0.15) is 17.8 Å². The van der Waals surface area contributed by atoms with Gasteiger partial charge in [0.15, 0.2) is 0 Å². The highest BCUT2D eigenvalue weighted by molar-refractivity contribution is 6.00. The number of hydrogen-bond acceptors (Lipinski definition) is 4. The quantitative estimate of drug-likeness (QED) is 0.634. The lowest BCUT2D eigenvalue weighted by Crippen LogP contribution is -1.94. The molecular formula is C13H13N5. The molecule has 18 heavy (non-hydrogen) atoms. The lowest BCUT2D eigenvalue weighted by atomic mass is 10.1.